The fourth-order valence-corrected chi connectivity index (χ4v) is 3.40. The summed E-state index contributed by atoms with van der Waals surface area (Å²) in [5, 5.41) is 4.96. The molecule has 1 aromatic carbocycles. The lowest BCUT2D eigenvalue weighted by Crippen LogP contribution is -2.25. The molecule has 0 bridgehead atoms. The molecule has 0 atom stereocenters. The van der Waals surface area contributed by atoms with Gasteiger partial charge in [-0.25, -0.2) is 0 Å². The van der Waals surface area contributed by atoms with E-state index in [1.54, 1.807) is 11.3 Å². The Morgan fingerprint density at radius 2 is 2.14 bits per heavy atom. The molecule has 0 radical (unpaired) electrons. The molecule has 1 N–H and O–H groups in total. The van der Waals surface area contributed by atoms with Crippen LogP contribution in [0.25, 0.3) is 10.2 Å². The number of carbonyl (C=O) groups is 1. The Balaban J connectivity index is 2.04. The number of aromatic nitrogens is 1. The maximum atomic E-state index is 12.3. The number of aryl methyl sites for hydroxylation is 1. The Morgan fingerprint density at radius 3 is 2.90 bits per heavy atom. The van der Waals surface area contributed by atoms with Gasteiger partial charge in [0.1, 0.15) is 5.69 Å². The number of benzene rings is 1. The van der Waals surface area contributed by atoms with Crippen LogP contribution in [-0.4, -0.2) is 17.0 Å². The second-order valence-corrected chi connectivity index (χ2v) is 6.08. The molecule has 4 heteroatoms. The molecular weight excluding hydrogens is 280 g/mol. The van der Waals surface area contributed by atoms with Gasteiger partial charge in [0, 0.05) is 13.1 Å². The topological polar surface area (TPSA) is 34.0 Å². The molecule has 2 aromatic heterocycles. The summed E-state index contributed by atoms with van der Waals surface area (Å²) in [4.78, 5) is 12.3. The Hall–Kier alpha value is -2.07. The zero-order valence-electron chi connectivity index (χ0n) is 12.2. The fourth-order valence-electron chi connectivity index (χ4n) is 2.58. The second kappa shape index (κ2) is 5.74. The first-order valence-corrected chi connectivity index (χ1v) is 7.97. The van der Waals surface area contributed by atoms with E-state index in [1.165, 1.54) is 11.1 Å². The lowest BCUT2D eigenvalue weighted by molar-refractivity contribution is 0.0947. The van der Waals surface area contributed by atoms with Crippen LogP contribution >= 0.6 is 11.3 Å². The second-order valence-electron chi connectivity index (χ2n) is 5.13. The average Bonchev–Trinajstić information content (AvgIpc) is 3.02. The summed E-state index contributed by atoms with van der Waals surface area (Å²) in [6.07, 6.45) is 0. The number of amides is 1. The number of nitrogens with one attached hydrogen (secondary N) is 1. The Kier molecular flexibility index (Phi) is 3.80. The lowest BCUT2D eigenvalue weighted by atomic mass is 10.1. The van der Waals surface area contributed by atoms with Crippen LogP contribution in [-0.2, 0) is 6.54 Å². The van der Waals surface area contributed by atoms with Crippen molar-refractivity contribution in [2.24, 2.45) is 0 Å². The summed E-state index contributed by atoms with van der Waals surface area (Å²) in [5.74, 6) is -0.00597. The molecule has 0 fully saturated rings. The van der Waals surface area contributed by atoms with Crippen molar-refractivity contribution >= 4 is 27.5 Å². The van der Waals surface area contributed by atoms with Gasteiger partial charge in [0.25, 0.3) is 5.91 Å². The van der Waals surface area contributed by atoms with Crippen LogP contribution < -0.4 is 5.32 Å². The molecule has 0 spiro atoms. The van der Waals surface area contributed by atoms with Crippen molar-refractivity contribution in [3.8, 4) is 0 Å². The van der Waals surface area contributed by atoms with Crippen molar-refractivity contribution in [1.82, 2.24) is 9.88 Å². The number of thiophene rings is 1. The van der Waals surface area contributed by atoms with Gasteiger partial charge in [-0.2, -0.15) is 0 Å². The lowest BCUT2D eigenvalue weighted by Gasteiger charge is -2.10. The smallest absolute Gasteiger partial charge is 0.267 e. The molecule has 0 saturated heterocycles. The van der Waals surface area contributed by atoms with E-state index in [1.807, 2.05) is 13.0 Å². The summed E-state index contributed by atoms with van der Waals surface area (Å²) < 4.78 is 3.26. The zero-order chi connectivity index (χ0) is 14.8. The summed E-state index contributed by atoms with van der Waals surface area (Å²) in [6.45, 7) is 5.38. The fraction of sp³-hybridized carbons (Fsp3) is 0.235. The first kappa shape index (κ1) is 13.9. The largest absolute Gasteiger partial charge is 0.351 e. The van der Waals surface area contributed by atoms with Gasteiger partial charge in [-0.1, -0.05) is 29.8 Å². The first-order chi connectivity index (χ1) is 10.2. The Bertz CT molecular complexity index is 785. The molecule has 0 saturated carbocycles. The summed E-state index contributed by atoms with van der Waals surface area (Å²) in [5.41, 5.74) is 4.31. The van der Waals surface area contributed by atoms with Crippen LogP contribution in [0, 0.1) is 6.92 Å². The van der Waals surface area contributed by atoms with Gasteiger partial charge in [0.2, 0.25) is 0 Å². The third kappa shape index (κ3) is 2.72. The summed E-state index contributed by atoms with van der Waals surface area (Å²) >= 11 is 1.67. The van der Waals surface area contributed by atoms with Crippen LogP contribution in [0.1, 0.15) is 28.5 Å². The van der Waals surface area contributed by atoms with E-state index in [0.29, 0.717) is 13.1 Å². The quantitative estimate of drug-likeness (QED) is 0.781. The SMILES string of the molecule is CCNC(=O)c1cc2sccc2n1Cc1cccc(C)c1. The third-order valence-corrected chi connectivity index (χ3v) is 4.37. The maximum Gasteiger partial charge on any atom is 0.267 e. The number of hydrogen-bond acceptors (Lipinski definition) is 2. The maximum absolute atomic E-state index is 12.3. The number of carbonyl (C=O) groups excluding carboxylic acids is 1. The van der Waals surface area contributed by atoms with Gasteiger partial charge >= 0.3 is 0 Å². The molecule has 108 valence electrons. The molecular formula is C17H18N2OS. The predicted molar refractivity (Wildman–Crippen MR) is 88.1 cm³/mol. The standard InChI is InChI=1S/C17H18N2OS/c1-3-18-17(20)15-10-16-14(7-8-21-16)19(15)11-13-6-4-5-12(2)9-13/h4-10H,3,11H2,1-2H3,(H,18,20). The van der Waals surface area contributed by atoms with Crippen LogP contribution in [0.15, 0.2) is 41.8 Å². The molecule has 3 aromatic rings. The van der Waals surface area contributed by atoms with Crippen molar-refractivity contribution in [1.29, 1.82) is 0 Å². The van der Waals surface area contributed by atoms with Gasteiger partial charge in [-0.15, -0.1) is 11.3 Å². The van der Waals surface area contributed by atoms with Crippen molar-refractivity contribution in [3.05, 3.63) is 58.6 Å². The minimum Gasteiger partial charge on any atom is -0.351 e. The Morgan fingerprint density at radius 1 is 1.29 bits per heavy atom. The minimum absolute atomic E-state index is 0.00597. The van der Waals surface area contributed by atoms with Crippen molar-refractivity contribution in [3.63, 3.8) is 0 Å². The van der Waals surface area contributed by atoms with Crippen molar-refractivity contribution in [2.75, 3.05) is 6.54 Å². The highest BCUT2D eigenvalue weighted by atomic mass is 32.1. The van der Waals surface area contributed by atoms with E-state index in [-0.39, 0.29) is 5.91 Å². The Labute approximate surface area is 128 Å². The van der Waals surface area contributed by atoms with E-state index in [2.05, 4.69) is 52.5 Å². The van der Waals surface area contributed by atoms with Gasteiger partial charge in [0.05, 0.1) is 10.2 Å². The molecule has 0 unspecified atom stereocenters. The minimum atomic E-state index is -0.00597. The molecule has 0 aliphatic carbocycles. The highest BCUT2D eigenvalue weighted by molar-refractivity contribution is 7.17. The molecule has 0 aliphatic heterocycles. The highest BCUT2D eigenvalue weighted by Gasteiger charge is 2.16. The van der Waals surface area contributed by atoms with Gasteiger partial charge in [-0.3, -0.25) is 4.79 Å². The normalized spacial score (nSPS) is 11.0. The number of rotatable bonds is 4. The third-order valence-electron chi connectivity index (χ3n) is 3.52. The number of hydrogen-bond donors (Lipinski definition) is 1. The molecule has 0 aliphatic rings. The summed E-state index contributed by atoms with van der Waals surface area (Å²) in [7, 11) is 0. The predicted octanol–water partition coefficient (Wildman–Crippen LogP) is 3.81. The van der Waals surface area contributed by atoms with Crippen LogP contribution in [0.5, 0.6) is 0 Å². The van der Waals surface area contributed by atoms with Gasteiger partial charge in [-0.05, 0) is 36.9 Å². The van der Waals surface area contributed by atoms with Crippen molar-refractivity contribution < 1.29 is 4.79 Å². The number of nitrogens with zero attached hydrogens (tertiary/aromatic N) is 1. The monoisotopic (exact) mass is 298 g/mol. The van der Waals surface area contributed by atoms with E-state index in [9.17, 15) is 4.79 Å². The van der Waals surface area contributed by atoms with Gasteiger partial charge < -0.3 is 9.88 Å². The van der Waals surface area contributed by atoms with E-state index in [0.717, 1.165) is 15.9 Å². The van der Waals surface area contributed by atoms with E-state index >= 15 is 0 Å². The average molecular weight is 298 g/mol. The van der Waals surface area contributed by atoms with Crippen LogP contribution in [0.4, 0.5) is 0 Å². The van der Waals surface area contributed by atoms with E-state index < -0.39 is 0 Å². The van der Waals surface area contributed by atoms with Crippen molar-refractivity contribution in [2.45, 2.75) is 20.4 Å². The van der Waals surface area contributed by atoms with E-state index in [4.69, 9.17) is 0 Å². The molecule has 3 nitrogen and oxygen atoms in total. The summed E-state index contributed by atoms with van der Waals surface area (Å²) in [6, 6.07) is 12.5. The molecule has 3 rings (SSSR count). The van der Waals surface area contributed by atoms with Crippen LogP contribution in [0.3, 0.4) is 0 Å². The number of fused-ring (bicyclic) bond motifs is 1. The van der Waals surface area contributed by atoms with Crippen LogP contribution in [0.2, 0.25) is 0 Å². The highest BCUT2D eigenvalue weighted by Crippen LogP contribution is 2.26. The molecule has 1 amide bonds. The molecule has 21 heavy (non-hydrogen) atoms. The zero-order valence-corrected chi connectivity index (χ0v) is 13.0. The molecule has 2 heterocycles. The first-order valence-electron chi connectivity index (χ1n) is 7.09. The van der Waals surface area contributed by atoms with Gasteiger partial charge in [0.15, 0.2) is 0 Å².